The van der Waals surface area contributed by atoms with E-state index in [1.807, 2.05) is 48.5 Å². The van der Waals surface area contributed by atoms with Crippen molar-refractivity contribution in [3.63, 3.8) is 0 Å². The predicted octanol–water partition coefficient (Wildman–Crippen LogP) is 7.61. The fourth-order valence-electron chi connectivity index (χ4n) is 3.35. The quantitative estimate of drug-likeness (QED) is 0.318. The van der Waals surface area contributed by atoms with E-state index in [0.717, 1.165) is 26.7 Å². The summed E-state index contributed by atoms with van der Waals surface area (Å²) in [6.07, 6.45) is 0. The van der Waals surface area contributed by atoms with Crippen LogP contribution in [0.4, 0.5) is 5.69 Å². The SMILES string of the molecule is N#Cc1nc(-c2ccc(Cl)cc2)c(-c2ccc(Cl)cc2)c(N)c1-c1ccccc1Br. The molecule has 1 aromatic heterocycles. The van der Waals surface area contributed by atoms with Crippen LogP contribution in [-0.4, -0.2) is 4.98 Å². The van der Waals surface area contributed by atoms with Gasteiger partial charge in [-0.25, -0.2) is 4.98 Å². The van der Waals surface area contributed by atoms with Crippen molar-refractivity contribution in [1.82, 2.24) is 4.98 Å². The molecule has 2 N–H and O–H groups in total. The molecule has 0 aliphatic heterocycles. The van der Waals surface area contributed by atoms with Crippen LogP contribution in [0.2, 0.25) is 10.0 Å². The van der Waals surface area contributed by atoms with Crippen LogP contribution in [-0.2, 0) is 0 Å². The molecule has 6 heteroatoms. The molecule has 0 spiro atoms. The monoisotopic (exact) mass is 493 g/mol. The van der Waals surface area contributed by atoms with Crippen molar-refractivity contribution in [2.24, 2.45) is 0 Å². The van der Waals surface area contributed by atoms with Crippen LogP contribution in [0, 0.1) is 11.3 Å². The number of rotatable bonds is 3. The van der Waals surface area contributed by atoms with E-state index in [9.17, 15) is 5.26 Å². The molecule has 30 heavy (non-hydrogen) atoms. The van der Waals surface area contributed by atoms with Crippen LogP contribution in [0.5, 0.6) is 0 Å². The van der Waals surface area contributed by atoms with E-state index in [1.54, 1.807) is 24.3 Å². The summed E-state index contributed by atoms with van der Waals surface area (Å²) < 4.78 is 0.830. The lowest BCUT2D eigenvalue weighted by Crippen LogP contribution is -2.04. The van der Waals surface area contributed by atoms with Gasteiger partial charge in [0.1, 0.15) is 6.07 Å². The molecule has 0 amide bonds. The van der Waals surface area contributed by atoms with E-state index < -0.39 is 0 Å². The third-order valence-electron chi connectivity index (χ3n) is 4.74. The van der Waals surface area contributed by atoms with Crippen molar-refractivity contribution in [3.8, 4) is 39.6 Å². The van der Waals surface area contributed by atoms with Gasteiger partial charge in [0.2, 0.25) is 0 Å². The van der Waals surface area contributed by atoms with Gasteiger partial charge >= 0.3 is 0 Å². The zero-order valence-corrected chi connectivity index (χ0v) is 18.6. The Hall–Kier alpha value is -2.84. The Balaban J connectivity index is 2.10. The summed E-state index contributed by atoms with van der Waals surface area (Å²) in [6, 6.07) is 24.5. The molecule has 4 rings (SSSR count). The Kier molecular flexibility index (Phi) is 5.78. The minimum Gasteiger partial charge on any atom is -0.398 e. The van der Waals surface area contributed by atoms with Crippen molar-refractivity contribution in [3.05, 3.63) is 93.0 Å². The first-order chi connectivity index (χ1) is 14.5. The molecule has 0 bridgehead atoms. The number of hydrogen-bond donors (Lipinski definition) is 1. The summed E-state index contributed by atoms with van der Waals surface area (Å²) in [5, 5.41) is 11.1. The number of nitrogens with zero attached hydrogens (tertiary/aromatic N) is 2. The summed E-state index contributed by atoms with van der Waals surface area (Å²) in [7, 11) is 0. The molecule has 0 saturated heterocycles. The highest BCUT2D eigenvalue weighted by atomic mass is 79.9. The van der Waals surface area contributed by atoms with Gasteiger partial charge in [-0.2, -0.15) is 5.26 Å². The number of pyridine rings is 1. The summed E-state index contributed by atoms with van der Waals surface area (Å²) in [6.45, 7) is 0. The number of anilines is 1. The van der Waals surface area contributed by atoms with Crippen molar-refractivity contribution < 1.29 is 0 Å². The molecule has 0 fully saturated rings. The van der Waals surface area contributed by atoms with Gasteiger partial charge in [-0.3, -0.25) is 0 Å². The molecular weight excluding hydrogens is 481 g/mol. The summed E-state index contributed by atoms with van der Waals surface area (Å²) in [5.74, 6) is 0. The highest BCUT2D eigenvalue weighted by molar-refractivity contribution is 9.10. The molecule has 0 atom stereocenters. The Morgan fingerprint density at radius 2 is 1.37 bits per heavy atom. The van der Waals surface area contributed by atoms with Crippen LogP contribution < -0.4 is 5.73 Å². The third kappa shape index (κ3) is 3.80. The standard InChI is InChI=1S/C24H14BrCl2N3/c25-19-4-2-1-3-18(19)22-20(13-28)30-24(15-7-11-17(27)12-8-15)21(23(22)29)14-5-9-16(26)10-6-14/h1-12H,(H2,29,30). The van der Waals surface area contributed by atoms with E-state index in [1.165, 1.54) is 0 Å². The Bertz CT molecular complexity index is 1280. The maximum absolute atomic E-state index is 9.89. The van der Waals surface area contributed by atoms with Gasteiger partial charge in [0.15, 0.2) is 5.69 Å². The van der Waals surface area contributed by atoms with E-state index in [-0.39, 0.29) is 5.69 Å². The maximum Gasteiger partial charge on any atom is 0.151 e. The molecule has 4 aromatic rings. The van der Waals surface area contributed by atoms with Gasteiger partial charge in [0.25, 0.3) is 0 Å². The second-order valence-electron chi connectivity index (χ2n) is 6.58. The first kappa shape index (κ1) is 20.4. The minimum atomic E-state index is 0.252. The molecule has 0 saturated carbocycles. The van der Waals surface area contributed by atoms with Crippen molar-refractivity contribution in [2.75, 3.05) is 5.73 Å². The zero-order chi connectivity index (χ0) is 21.3. The first-order valence-corrected chi connectivity index (χ1v) is 10.5. The lowest BCUT2D eigenvalue weighted by Gasteiger charge is -2.18. The van der Waals surface area contributed by atoms with E-state index in [0.29, 0.717) is 27.0 Å². The summed E-state index contributed by atoms with van der Waals surface area (Å²) in [4.78, 5) is 4.73. The molecule has 0 radical (unpaired) electrons. The molecule has 0 unspecified atom stereocenters. The van der Waals surface area contributed by atoms with Gasteiger partial charge in [0.05, 0.1) is 11.4 Å². The number of aromatic nitrogens is 1. The zero-order valence-electron chi connectivity index (χ0n) is 15.5. The molecule has 3 aromatic carbocycles. The van der Waals surface area contributed by atoms with Gasteiger partial charge in [-0.05, 0) is 35.9 Å². The van der Waals surface area contributed by atoms with Gasteiger partial charge in [0, 0.05) is 36.8 Å². The average molecular weight is 495 g/mol. The van der Waals surface area contributed by atoms with Crippen molar-refractivity contribution in [1.29, 1.82) is 5.26 Å². The number of nitrogen functional groups attached to an aromatic ring is 1. The maximum atomic E-state index is 9.89. The second kappa shape index (κ2) is 8.49. The molecule has 1 heterocycles. The summed E-state index contributed by atoms with van der Waals surface area (Å²) >= 11 is 15.7. The van der Waals surface area contributed by atoms with Crippen molar-refractivity contribution >= 4 is 44.8 Å². The van der Waals surface area contributed by atoms with E-state index >= 15 is 0 Å². The topological polar surface area (TPSA) is 62.7 Å². The number of nitriles is 1. The normalized spacial score (nSPS) is 10.6. The number of nitrogens with two attached hydrogens (primary N) is 1. The Labute approximate surface area is 192 Å². The molecule has 0 aliphatic rings. The van der Waals surface area contributed by atoms with Gasteiger partial charge < -0.3 is 5.73 Å². The smallest absolute Gasteiger partial charge is 0.151 e. The molecule has 3 nitrogen and oxygen atoms in total. The third-order valence-corrected chi connectivity index (χ3v) is 5.93. The van der Waals surface area contributed by atoms with E-state index in [2.05, 4.69) is 22.0 Å². The highest BCUT2D eigenvalue weighted by Crippen LogP contribution is 2.44. The van der Waals surface area contributed by atoms with Crippen LogP contribution in [0.1, 0.15) is 5.69 Å². The van der Waals surface area contributed by atoms with E-state index in [4.69, 9.17) is 33.9 Å². The fraction of sp³-hybridized carbons (Fsp3) is 0. The highest BCUT2D eigenvalue weighted by Gasteiger charge is 2.22. The predicted molar refractivity (Wildman–Crippen MR) is 127 cm³/mol. The lowest BCUT2D eigenvalue weighted by atomic mass is 9.91. The van der Waals surface area contributed by atoms with Crippen LogP contribution in [0.15, 0.2) is 77.3 Å². The average Bonchev–Trinajstić information content (AvgIpc) is 2.75. The largest absolute Gasteiger partial charge is 0.398 e. The molecule has 0 aliphatic carbocycles. The first-order valence-electron chi connectivity index (χ1n) is 9.00. The number of benzene rings is 3. The summed E-state index contributed by atoms with van der Waals surface area (Å²) in [5.41, 5.74) is 11.9. The van der Waals surface area contributed by atoms with Crippen molar-refractivity contribution in [2.45, 2.75) is 0 Å². The van der Waals surface area contributed by atoms with Crippen LogP contribution in [0.25, 0.3) is 33.5 Å². The Morgan fingerprint density at radius 3 is 1.93 bits per heavy atom. The molecule has 146 valence electrons. The van der Waals surface area contributed by atoms with Crippen LogP contribution in [0.3, 0.4) is 0 Å². The lowest BCUT2D eigenvalue weighted by molar-refractivity contribution is 1.27. The molecular formula is C24H14BrCl2N3. The Morgan fingerprint density at radius 1 is 0.800 bits per heavy atom. The second-order valence-corrected chi connectivity index (χ2v) is 8.31. The van der Waals surface area contributed by atoms with Gasteiger partial charge in [-0.15, -0.1) is 0 Å². The number of hydrogen-bond acceptors (Lipinski definition) is 3. The van der Waals surface area contributed by atoms with Gasteiger partial charge in [-0.1, -0.05) is 81.6 Å². The van der Waals surface area contributed by atoms with Crippen LogP contribution >= 0.6 is 39.1 Å². The minimum absolute atomic E-state index is 0.252. The number of halogens is 3. The fourth-order valence-corrected chi connectivity index (χ4v) is 4.08.